The molecule has 0 aliphatic rings. The minimum Gasteiger partial charge on any atom is -0.481 e. The van der Waals surface area contributed by atoms with Crippen molar-refractivity contribution in [2.45, 2.75) is 19.4 Å². The van der Waals surface area contributed by atoms with E-state index in [4.69, 9.17) is 9.84 Å². The van der Waals surface area contributed by atoms with Gasteiger partial charge < -0.3 is 9.84 Å². The van der Waals surface area contributed by atoms with E-state index < -0.39 is 23.0 Å². The van der Waals surface area contributed by atoms with Crippen LogP contribution in [0.4, 0.5) is 4.39 Å². The fourth-order valence-corrected chi connectivity index (χ4v) is 1.84. The zero-order valence-corrected chi connectivity index (χ0v) is 11.1. The van der Waals surface area contributed by atoms with E-state index in [1.54, 1.807) is 38.2 Å². The molecule has 0 atom stereocenters. The predicted octanol–water partition coefficient (Wildman–Crippen LogP) is 3.23. The molecule has 0 unspecified atom stereocenters. The summed E-state index contributed by atoms with van der Waals surface area (Å²) < 4.78 is 19.3. The van der Waals surface area contributed by atoms with E-state index in [-0.39, 0.29) is 5.75 Å². The molecule has 0 bridgehead atoms. The molecular weight excluding hydrogens is 261 g/mol. The maximum Gasteiger partial charge on any atom is 0.342 e. The van der Waals surface area contributed by atoms with Crippen LogP contribution in [0.3, 0.4) is 0 Å². The number of benzene rings is 1. The minimum atomic E-state index is -1.37. The number of carbonyl (C=O) groups is 1. The molecule has 0 fully saturated rings. The van der Waals surface area contributed by atoms with Crippen LogP contribution in [0.2, 0.25) is 0 Å². The van der Waals surface area contributed by atoms with Gasteiger partial charge in [0.2, 0.25) is 0 Å². The third-order valence-electron chi connectivity index (χ3n) is 2.84. The van der Waals surface area contributed by atoms with Crippen LogP contribution in [0, 0.1) is 5.82 Å². The molecule has 4 nitrogen and oxygen atoms in total. The monoisotopic (exact) mass is 275 g/mol. The van der Waals surface area contributed by atoms with Gasteiger partial charge in [-0.2, -0.15) is 0 Å². The molecule has 2 rings (SSSR count). The highest BCUT2D eigenvalue weighted by atomic mass is 19.1. The number of carboxylic acid groups (broad SMARTS) is 1. The second-order valence-electron chi connectivity index (χ2n) is 4.75. The number of nitrogens with zero attached hydrogens (tertiary/aromatic N) is 1. The number of hydrogen-bond donors (Lipinski definition) is 1. The molecule has 0 amide bonds. The van der Waals surface area contributed by atoms with Crippen LogP contribution in [0.25, 0.3) is 0 Å². The van der Waals surface area contributed by atoms with Crippen LogP contribution in [-0.2, 0) is 5.60 Å². The summed E-state index contributed by atoms with van der Waals surface area (Å²) in [6.07, 6.45) is 1.62. The molecule has 20 heavy (non-hydrogen) atoms. The minimum absolute atomic E-state index is 0.0202. The molecule has 0 saturated heterocycles. The molecule has 0 aliphatic heterocycles. The molecule has 1 N–H and O–H groups in total. The third-order valence-corrected chi connectivity index (χ3v) is 2.84. The van der Waals surface area contributed by atoms with Crippen molar-refractivity contribution in [3.05, 3.63) is 59.7 Å². The Labute approximate surface area is 115 Å². The van der Waals surface area contributed by atoms with Gasteiger partial charge in [-0.25, -0.2) is 9.18 Å². The Kier molecular flexibility index (Phi) is 3.70. The van der Waals surface area contributed by atoms with Crippen LogP contribution in [0.15, 0.2) is 42.6 Å². The lowest BCUT2D eigenvalue weighted by Crippen LogP contribution is -2.27. The first-order valence-electron chi connectivity index (χ1n) is 6.04. The molecule has 1 heterocycles. The highest BCUT2D eigenvalue weighted by molar-refractivity contribution is 5.91. The van der Waals surface area contributed by atoms with Crippen molar-refractivity contribution >= 4 is 5.97 Å². The van der Waals surface area contributed by atoms with Crippen LogP contribution in [-0.4, -0.2) is 16.1 Å². The number of aromatic nitrogens is 1. The summed E-state index contributed by atoms with van der Waals surface area (Å²) >= 11 is 0. The van der Waals surface area contributed by atoms with Crippen LogP contribution in [0.1, 0.15) is 29.9 Å². The first kappa shape index (κ1) is 14.0. The van der Waals surface area contributed by atoms with E-state index >= 15 is 0 Å². The summed E-state index contributed by atoms with van der Waals surface area (Å²) in [5.41, 5.74) is -0.726. The topological polar surface area (TPSA) is 59.4 Å². The summed E-state index contributed by atoms with van der Waals surface area (Å²) in [5, 5.41) is 9.08. The zero-order valence-electron chi connectivity index (χ0n) is 11.1. The fraction of sp³-hybridized carbons (Fsp3) is 0.200. The Morgan fingerprint density at radius 1 is 1.25 bits per heavy atom. The number of rotatable bonds is 4. The largest absolute Gasteiger partial charge is 0.481 e. The van der Waals surface area contributed by atoms with Gasteiger partial charge in [0.05, 0.1) is 5.69 Å². The fourth-order valence-electron chi connectivity index (χ4n) is 1.84. The van der Waals surface area contributed by atoms with Gasteiger partial charge in [0.1, 0.15) is 22.7 Å². The van der Waals surface area contributed by atoms with Gasteiger partial charge in [-0.05, 0) is 38.1 Å². The molecular formula is C15H14FNO3. The normalized spacial score (nSPS) is 11.2. The SMILES string of the molecule is CC(C)(Oc1cccc(F)c1C(=O)O)c1ccccn1. The number of ether oxygens (including phenoxy) is 1. The summed E-state index contributed by atoms with van der Waals surface area (Å²) in [6.45, 7) is 3.48. The molecule has 104 valence electrons. The molecule has 0 spiro atoms. The van der Waals surface area contributed by atoms with Crippen molar-refractivity contribution in [2.24, 2.45) is 0 Å². The zero-order chi connectivity index (χ0) is 14.8. The Morgan fingerprint density at radius 3 is 2.60 bits per heavy atom. The van der Waals surface area contributed by atoms with Gasteiger partial charge in [-0.3, -0.25) is 4.98 Å². The highest BCUT2D eigenvalue weighted by Crippen LogP contribution is 2.30. The highest BCUT2D eigenvalue weighted by Gasteiger charge is 2.27. The Morgan fingerprint density at radius 2 is 2.00 bits per heavy atom. The molecule has 1 aromatic heterocycles. The van der Waals surface area contributed by atoms with Crippen LogP contribution in [0.5, 0.6) is 5.75 Å². The average Bonchev–Trinajstić information content (AvgIpc) is 2.39. The molecule has 0 radical (unpaired) electrons. The molecule has 1 aromatic carbocycles. The molecule has 2 aromatic rings. The van der Waals surface area contributed by atoms with Gasteiger partial charge in [-0.1, -0.05) is 12.1 Å². The van der Waals surface area contributed by atoms with E-state index in [1.165, 1.54) is 12.1 Å². The smallest absolute Gasteiger partial charge is 0.342 e. The van der Waals surface area contributed by atoms with Crippen molar-refractivity contribution in [2.75, 3.05) is 0 Å². The molecule has 0 aliphatic carbocycles. The Balaban J connectivity index is 2.40. The standard InChI is InChI=1S/C15H14FNO3/c1-15(2,12-8-3-4-9-17-12)20-11-7-5-6-10(16)13(11)14(18)19/h3-9H,1-2H3,(H,18,19). The van der Waals surface area contributed by atoms with Crippen molar-refractivity contribution in [3.8, 4) is 5.75 Å². The van der Waals surface area contributed by atoms with Gasteiger partial charge in [0.25, 0.3) is 0 Å². The van der Waals surface area contributed by atoms with Gasteiger partial charge in [-0.15, -0.1) is 0 Å². The number of aromatic carboxylic acids is 1. The molecule has 5 heteroatoms. The first-order chi connectivity index (χ1) is 9.42. The van der Waals surface area contributed by atoms with E-state index in [2.05, 4.69) is 4.98 Å². The number of carboxylic acids is 1. The molecule has 0 saturated carbocycles. The van der Waals surface area contributed by atoms with E-state index in [1.807, 2.05) is 0 Å². The maximum absolute atomic E-state index is 13.6. The third kappa shape index (κ3) is 2.77. The van der Waals surface area contributed by atoms with E-state index in [0.717, 1.165) is 6.07 Å². The summed E-state index contributed by atoms with van der Waals surface area (Å²) in [4.78, 5) is 15.3. The Hall–Kier alpha value is -2.43. The van der Waals surface area contributed by atoms with Gasteiger partial charge in [0.15, 0.2) is 0 Å². The summed E-state index contributed by atoms with van der Waals surface area (Å²) in [7, 11) is 0. The van der Waals surface area contributed by atoms with Gasteiger partial charge >= 0.3 is 5.97 Å². The number of halogens is 1. The van der Waals surface area contributed by atoms with Crippen LogP contribution >= 0.6 is 0 Å². The Bertz CT molecular complexity index is 626. The summed E-state index contributed by atoms with van der Waals surface area (Å²) in [6, 6.07) is 9.26. The average molecular weight is 275 g/mol. The lowest BCUT2D eigenvalue weighted by Gasteiger charge is -2.26. The van der Waals surface area contributed by atoms with Crippen molar-refractivity contribution in [1.29, 1.82) is 0 Å². The number of pyridine rings is 1. The first-order valence-corrected chi connectivity index (χ1v) is 6.04. The lowest BCUT2D eigenvalue weighted by molar-refractivity contribution is 0.0662. The van der Waals surface area contributed by atoms with E-state index in [9.17, 15) is 9.18 Å². The maximum atomic E-state index is 13.6. The second-order valence-corrected chi connectivity index (χ2v) is 4.75. The second kappa shape index (κ2) is 5.28. The quantitative estimate of drug-likeness (QED) is 0.930. The number of hydrogen-bond acceptors (Lipinski definition) is 3. The van der Waals surface area contributed by atoms with Crippen molar-refractivity contribution < 1.29 is 19.0 Å². The predicted molar refractivity (Wildman–Crippen MR) is 71.3 cm³/mol. The van der Waals surface area contributed by atoms with Gasteiger partial charge in [0, 0.05) is 6.20 Å². The van der Waals surface area contributed by atoms with E-state index in [0.29, 0.717) is 5.69 Å². The van der Waals surface area contributed by atoms with Crippen molar-refractivity contribution in [1.82, 2.24) is 4.98 Å². The lowest BCUT2D eigenvalue weighted by atomic mass is 10.0. The van der Waals surface area contributed by atoms with Crippen molar-refractivity contribution in [3.63, 3.8) is 0 Å². The summed E-state index contributed by atoms with van der Waals surface area (Å²) in [5.74, 6) is -2.21. The van der Waals surface area contributed by atoms with Crippen LogP contribution < -0.4 is 4.74 Å².